The van der Waals surface area contributed by atoms with E-state index in [1.807, 2.05) is 0 Å². The van der Waals surface area contributed by atoms with Gasteiger partial charge in [0, 0.05) is 49.8 Å². The molecule has 3 rings (SSSR count). The molecule has 1 saturated heterocycles. The number of aromatic nitrogens is 2. The number of hydrogen-bond acceptors (Lipinski definition) is 5. The maximum absolute atomic E-state index is 4.61. The molecule has 1 aromatic heterocycles. The van der Waals surface area contributed by atoms with Crippen LogP contribution in [0.25, 0.3) is 0 Å². The summed E-state index contributed by atoms with van der Waals surface area (Å²) in [5, 5.41) is 1.08. The van der Waals surface area contributed by atoms with E-state index in [0.29, 0.717) is 0 Å². The quantitative estimate of drug-likeness (QED) is 0.869. The van der Waals surface area contributed by atoms with Gasteiger partial charge in [0.05, 0.1) is 0 Å². The summed E-state index contributed by atoms with van der Waals surface area (Å²) in [6, 6.07) is 10.7. The molecule has 1 fully saturated rings. The Balaban J connectivity index is 1.67. The molecule has 4 nitrogen and oxygen atoms in total. The van der Waals surface area contributed by atoms with Crippen molar-refractivity contribution in [3.05, 3.63) is 36.2 Å². The van der Waals surface area contributed by atoms with E-state index in [1.54, 1.807) is 0 Å². The maximum Gasteiger partial charge on any atom is 0.205 e. The lowest BCUT2D eigenvalue weighted by molar-refractivity contribution is 0.802. The third kappa shape index (κ3) is 2.93. The highest BCUT2D eigenvalue weighted by atomic mass is 32.1. The third-order valence-electron chi connectivity index (χ3n) is 3.66. The lowest BCUT2D eigenvalue weighted by Gasteiger charge is -2.23. The van der Waals surface area contributed by atoms with E-state index in [9.17, 15) is 0 Å². The van der Waals surface area contributed by atoms with Crippen LogP contribution in [0, 0.1) is 0 Å². The van der Waals surface area contributed by atoms with Crippen LogP contribution in [-0.4, -0.2) is 35.5 Å². The zero-order chi connectivity index (χ0) is 13.8. The lowest BCUT2D eigenvalue weighted by atomic mass is 10.3. The van der Waals surface area contributed by atoms with E-state index >= 15 is 0 Å². The summed E-state index contributed by atoms with van der Waals surface area (Å²) in [5.74, 6) is 0.967. The van der Waals surface area contributed by atoms with Crippen molar-refractivity contribution in [3.63, 3.8) is 0 Å². The Bertz CT molecular complexity index is 540. The van der Waals surface area contributed by atoms with Crippen LogP contribution in [0.2, 0.25) is 0 Å². The van der Waals surface area contributed by atoms with Crippen LogP contribution in [0.4, 0.5) is 10.8 Å². The molecule has 0 radical (unpaired) electrons. The van der Waals surface area contributed by atoms with Gasteiger partial charge in [-0.3, -0.25) is 0 Å². The number of para-hydroxylation sites is 1. The van der Waals surface area contributed by atoms with Gasteiger partial charge < -0.3 is 9.80 Å². The molecular formula is C15H20N4S. The Labute approximate surface area is 124 Å². The topological polar surface area (TPSA) is 32.3 Å². The normalized spacial score (nSPS) is 16.2. The van der Waals surface area contributed by atoms with Crippen molar-refractivity contribution in [2.75, 3.05) is 36.0 Å². The summed E-state index contributed by atoms with van der Waals surface area (Å²) < 4.78 is 4.39. The molecule has 0 amide bonds. The zero-order valence-electron chi connectivity index (χ0n) is 11.8. The first-order valence-corrected chi connectivity index (χ1v) is 8.01. The second-order valence-electron chi connectivity index (χ2n) is 5.01. The average Bonchev–Trinajstić information content (AvgIpc) is 2.85. The summed E-state index contributed by atoms with van der Waals surface area (Å²) in [7, 11) is 0. The second kappa shape index (κ2) is 6.22. The fourth-order valence-corrected chi connectivity index (χ4v) is 3.32. The van der Waals surface area contributed by atoms with E-state index in [4.69, 9.17) is 0 Å². The summed E-state index contributed by atoms with van der Waals surface area (Å²) in [6.45, 7) is 6.35. The molecule has 0 spiro atoms. The number of rotatable bonds is 3. The van der Waals surface area contributed by atoms with Crippen LogP contribution in [0.3, 0.4) is 0 Å². The number of aryl methyl sites for hydroxylation is 1. The first-order valence-electron chi connectivity index (χ1n) is 7.24. The third-order valence-corrected chi connectivity index (χ3v) is 4.48. The molecule has 106 valence electrons. The van der Waals surface area contributed by atoms with Crippen LogP contribution in [0.1, 0.15) is 19.2 Å². The van der Waals surface area contributed by atoms with Gasteiger partial charge in [-0.2, -0.15) is 4.37 Å². The highest BCUT2D eigenvalue weighted by Gasteiger charge is 2.18. The molecule has 0 N–H and O–H groups in total. The highest BCUT2D eigenvalue weighted by Crippen LogP contribution is 2.21. The van der Waals surface area contributed by atoms with Gasteiger partial charge in [-0.25, -0.2) is 4.98 Å². The van der Waals surface area contributed by atoms with Crippen molar-refractivity contribution >= 4 is 22.4 Å². The number of anilines is 2. The Morgan fingerprint density at radius 3 is 2.55 bits per heavy atom. The Hall–Kier alpha value is -1.62. The molecule has 0 atom stereocenters. The van der Waals surface area contributed by atoms with Gasteiger partial charge in [0.25, 0.3) is 0 Å². The van der Waals surface area contributed by atoms with Gasteiger partial charge >= 0.3 is 0 Å². The van der Waals surface area contributed by atoms with Crippen molar-refractivity contribution in [2.45, 2.75) is 19.8 Å². The van der Waals surface area contributed by atoms with E-state index in [-0.39, 0.29) is 0 Å². The molecule has 1 aliphatic rings. The van der Waals surface area contributed by atoms with E-state index in [1.165, 1.54) is 17.2 Å². The number of nitrogens with zero attached hydrogens (tertiary/aromatic N) is 4. The Kier molecular flexibility index (Phi) is 4.16. The molecule has 5 heteroatoms. The second-order valence-corrected chi connectivity index (χ2v) is 5.74. The van der Waals surface area contributed by atoms with Gasteiger partial charge in [0.15, 0.2) is 0 Å². The largest absolute Gasteiger partial charge is 0.370 e. The maximum atomic E-state index is 4.61. The summed E-state index contributed by atoms with van der Waals surface area (Å²) in [5.41, 5.74) is 1.32. The van der Waals surface area contributed by atoms with Gasteiger partial charge in [0.2, 0.25) is 5.13 Å². The molecular weight excluding hydrogens is 268 g/mol. The fraction of sp³-hybridized carbons (Fsp3) is 0.467. The smallest absolute Gasteiger partial charge is 0.205 e. The van der Waals surface area contributed by atoms with Crippen molar-refractivity contribution in [2.24, 2.45) is 0 Å². The molecule has 0 saturated carbocycles. The van der Waals surface area contributed by atoms with Crippen LogP contribution in [0.15, 0.2) is 30.3 Å². The number of benzene rings is 1. The van der Waals surface area contributed by atoms with Gasteiger partial charge in [0.1, 0.15) is 5.82 Å². The van der Waals surface area contributed by atoms with Crippen molar-refractivity contribution < 1.29 is 0 Å². The highest BCUT2D eigenvalue weighted by molar-refractivity contribution is 7.09. The minimum absolute atomic E-state index is 0.917. The summed E-state index contributed by atoms with van der Waals surface area (Å²) >= 11 is 1.53. The van der Waals surface area contributed by atoms with Crippen LogP contribution < -0.4 is 9.80 Å². The average molecular weight is 288 g/mol. The van der Waals surface area contributed by atoms with E-state index in [2.05, 4.69) is 56.4 Å². The van der Waals surface area contributed by atoms with Gasteiger partial charge in [-0.1, -0.05) is 25.1 Å². The lowest BCUT2D eigenvalue weighted by Crippen LogP contribution is -2.30. The summed E-state index contributed by atoms with van der Waals surface area (Å²) in [6.07, 6.45) is 2.08. The first-order chi connectivity index (χ1) is 9.86. The standard InChI is InChI=1S/C15H20N4S/c1-2-14-16-15(20-17-14)19-10-6-9-18(11-12-19)13-7-4-3-5-8-13/h3-5,7-8H,2,6,9-12H2,1H3. The molecule has 2 heterocycles. The molecule has 2 aromatic rings. The van der Waals surface area contributed by atoms with Crippen LogP contribution >= 0.6 is 11.5 Å². The summed E-state index contributed by atoms with van der Waals surface area (Å²) in [4.78, 5) is 9.44. The molecule has 20 heavy (non-hydrogen) atoms. The fourth-order valence-electron chi connectivity index (χ4n) is 2.52. The van der Waals surface area contributed by atoms with E-state index < -0.39 is 0 Å². The van der Waals surface area contributed by atoms with Gasteiger partial charge in [-0.15, -0.1) is 0 Å². The number of hydrogen-bond donors (Lipinski definition) is 0. The predicted octanol–water partition coefficient (Wildman–Crippen LogP) is 2.82. The van der Waals surface area contributed by atoms with Gasteiger partial charge in [-0.05, 0) is 18.6 Å². The molecule has 0 aliphatic carbocycles. The SMILES string of the molecule is CCc1nsc(N2CCCN(c3ccccc3)CC2)n1. The monoisotopic (exact) mass is 288 g/mol. The minimum atomic E-state index is 0.917. The Morgan fingerprint density at radius 1 is 1.05 bits per heavy atom. The first kappa shape index (κ1) is 13.4. The van der Waals surface area contributed by atoms with Crippen LogP contribution in [-0.2, 0) is 6.42 Å². The molecule has 1 aliphatic heterocycles. The molecule has 0 unspecified atom stereocenters. The van der Waals surface area contributed by atoms with Crippen molar-refractivity contribution in [1.82, 2.24) is 9.36 Å². The minimum Gasteiger partial charge on any atom is -0.370 e. The zero-order valence-corrected chi connectivity index (χ0v) is 12.6. The molecule has 0 bridgehead atoms. The Morgan fingerprint density at radius 2 is 1.80 bits per heavy atom. The van der Waals surface area contributed by atoms with Crippen molar-refractivity contribution in [3.8, 4) is 0 Å². The van der Waals surface area contributed by atoms with Crippen molar-refractivity contribution in [1.29, 1.82) is 0 Å². The molecule has 1 aromatic carbocycles. The predicted molar refractivity (Wildman–Crippen MR) is 84.8 cm³/mol. The van der Waals surface area contributed by atoms with Crippen LogP contribution in [0.5, 0.6) is 0 Å². The van der Waals surface area contributed by atoms with E-state index in [0.717, 1.165) is 50.0 Å².